The summed E-state index contributed by atoms with van der Waals surface area (Å²) in [6.45, 7) is 7.26. The third-order valence-corrected chi connectivity index (χ3v) is 4.02. The highest BCUT2D eigenvalue weighted by Gasteiger charge is 2.06. The number of nitrogens with one attached hydrogen (secondary N) is 1. The van der Waals surface area contributed by atoms with Crippen molar-refractivity contribution >= 4 is 11.3 Å². The SMILES string of the molecule is Cc1ccccc1CCc1nnc(CNC(C)C)s1. The van der Waals surface area contributed by atoms with Crippen LogP contribution < -0.4 is 5.32 Å². The topological polar surface area (TPSA) is 37.8 Å². The van der Waals surface area contributed by atoms with Gasteiger partial charge >= 0.3 is 0 Å². The average Bonchev–Trinajstić information content (AvgIpc) is 2.83. The quantitative estimate of drug-likeness (QED) is 0.880. The Morgan fingerprint density at radius 2 is 1.84 bits per heavy atom. The van der Waals surface area contributed by atoms with E-state index in [-0.39, 0.29) is 0 Å². The first kappa shape index (κ1) is 14.2. The first-order valence-corrected chi connectivity index (χ1v) is 7.56. The molecule has 1 aromatic heterocycles. The summed E-state index contributed by atoms with van der Waals surface area (Å²) in [4.78, 5) is 0. The lowest BCUT2D eigenvalue weighted by molar-refractivity contribution is 0.584. The maximum absolute atomic E-state index is 4.27. The van der Waals surface area contributed by atoms with Gasteiger partial charge in [0.05, 0.1) is 0 Å². The molecule has 4 heteroatoms. The molecule has 1 aromatic carbocycles. The minimum Gasteiger partial charge on any atom is -0.308 e. The van der Waals surface area contributed by atoms with E-state index in [9.17, 15) is 0 Å². The van der Waals surface area contributed by atoms with E-state index >= 15 is 0 Å². The first-order valence-electron chi connectivity index (χ1n) is 6.74. The minimum absolute atomic E-state index is 0.485. The molecule has 0 atom stereocenters. The lowest BCUT2D eigenvalue weighted by atomic mass is 10.0. The zero-order chi connectivity index (χ0) is 13.7. The fourth-order valence-electron chi connectivity index (χ4n) is 1.88. The van der Waals surface area contributed by atoms with E-state index < -0.39 is 0 Å². The lowest BCUT2D eigenvalue weighted by Crippen LogP contribution is -2.21. The van der Waals surface area contributed by atoms with E-state index in [4.69, 9.17) is 0 Å². The van der Waals surface area contributed by atoms with E-state index in [1.54, 1.807) is 11.3 Å². The molecule has 0 aliphatic heterocycles. The Balaban J connectivity index is 1.88. The van der Waals surface area contributed by atoms with Gasteiger partial charge in [-0.1, -0.05) is 38.1 Å². The fraction of sp³-hybridized carbons (Fsp3) is 0.467. The van der Waals surface area contributed by atoms with Gasteiger partial charge in [-0.25, -0.2) is 0 Å². The molecular weight excluding hydrogens is 254 g/mol. The minimum atomic E-state index is 0.485. The van der Waals surface area contributed by atoms with Crippen LogP contribution in [-0.4, -0.2) is 16.2 Å². The van der Waals surface area contributed by atoms with Gasteiger partial charge < -0.3 is 5.32 Å². The molecule has 0 spiro atoms. The van der Waals surface area contributed by atoms with Gasteiger partial charge in [0.1, 0.15) is 10.0 Å². The van der Waals surface area contributed by atoms with Gasteiger partial charge in [0.15, 0.2) is 0 Å². The van der Waals surface area contributed by atoms with E-state index in [1.807, 2.05) is 0 Å². The Bertz CT molecular complexity index is 520. The summed E-state index contributed by atoms with van der Waals surface area (Å²) in [6.07, 6.45) is 2.02. The van der Waals surface area contributed by atoms with Crippen LogP contribution in [0.3, 0.4) is 0 Å². The third-order valence-electron chi connectivity index (χ3n) is 3.04. The molecular formula is C15H21N3S. The highest BCUT2D eigenvalue weighted by Crippen LogP contribution is 2.15. The molecule has 19 heavy (non-hydrogen) atoms. The summed E-state index contributed by atoms with van der Waals surface area (Å²) < 4.78 is 0. The van der Waals surface area contributed by atoms with Gasteiger partial charge in [0.2, 0.25) is 0 Å². The summed E-state index contributed by atoms with van der Waals surface area (Å²) in [5.74, 6) is 0. The monoisotopic (exact) mass is 275 g/mol. The van der Waals surface area contributed by atoms with E-state index in [0.717, 1.165) is 29.4 Å². The van der Waals surface area contributed by atoms with Crippen molar-refractivity contribution in [2.75, 3.05) is 0 Å². The number of hydrogen-bond donors (Lipinski definition) is 1. The molecule has 0 unspecified atom stereocenters. The summed E-state index contributed by atoms with van der Waals surface area (Å²) >= 11 is 1.72. The highest BCUT2D eigenvalue weighted by atomic mass is 32.1. The number of benzene rings is 1. The van der Waals surface area contributed by atoms with E-state index in [2.05, 4.69) is 60.6 Å². The zero-order valence-corrected chi connectivity index (χ0v) is 12.6. The molecule has 0 saturated carbocycles. The molecule has 1 N–H and O–H groups in total. The van der Waals surface area contributed by atoms with Crippen LogP contribution in [0.1, 0.15) is 35.0 Å². The van der Waals surface area contributed by atoms with Gasteiger partial charge in [0, 0.05) is 19.0 Å². The summed E-state index contributed by atoms with van der Waals surface area (Å²) in [6, 6.07) is 9.02. The van der Waals surface area contributed by atoms with Gasteiger partial charge in [0.25, 0.3) is 0 Å². The van der Waals surface area contributed by atoms with Crippen LogP contribution in [0.5, 0.6) is 0 Å². The lowest BCUT2D eigenvalue weighted by Gasteiger charge is -2.04. The van der Waals surface area contributed by atoms with Gasteiger partial charge in [-0.15, -0.1) is 21.5 Å². The number of nitrogens with zero attached hydrogens (tertiary/aromatic N) is 2. The molecule has 0 fully saturated rings. The molecule has 1 heterocycles. The predicted molar refractivity (Wildman–Crippen MR) is 80.5 cm³/mol. The smallest absolute Gasteiger partial charge is 0.131 e. The Labute approximate surface area is 119 Å². The number of hydrogen-bond acceptors (Lipinski definition) is 4. The Morgan fingerprint density at radius 3 is 2.58 bits per heavy atom. The Kier molecular flexibility index (Phi) is 5.05. The van der Waals surface area contributed by atoms with Crippen molar-refractivity contribution in [3.8, 4) is 0 Å². The van der Waals surface area contributed by atoms with Gasteiger partial charge in [-0.2, -0.15) is 0 Å². The van der Waals surface area contributed by atoms with Crippen LogP contribution in [-0.2, 0) is 19.4 Å². The second-order valence-corrected chi connectivity index (χ2v) is 6.20. The van der Waals surface area contributed by atoms with Crippen LogP contribution in [0, 0.1) is 6.92 Å². The number of aryl methyl sites for hydroxylation is 3. The Hall–Kier alpha value is -1.26. The molecule has 0 radical (unpaired) electrons. The van der Waals surface area contributed by atoms with E-state index in [1.165, 1.54) is 11.1 Å². The molecule has 0 amide bonds. The van der Waals surface area contributed by atoms with Crippen molar-refractivity contribution in [2.24, 2.45) is 0 Å². The highest BCUT2D eigenvalue weighted by molar-refractivity contribution is 7.11. The maximum Gasteiger partial charge on any atom is 0.131 e. The second kappa shape index (κ2) is 6.78. The largest absolute Gasteiger partial charge is 0.308 e. The number of aromatic nitrogens is 2. The third kappa shape index (κ3) is 4.40. The standard InChI is InChI=1S/C15H21N3S/c1-11(2)16-10-15-18-17-14(19-15)9-8-13-7-5-4-6-12(13)3/h4-7,11,16H,8-10H2,1-3H3. The van der Waals surface area contributed by atoms with Crippen LogP contribution in [0.2, 0.25) is 0 Å². The van der Waals surface area contributed by atoms with Crippen molar-refractivity contribution < 1.29 is 0 Å². The number of rotatable bonds is 6. The van der Waals surface area contributed by atoms with Crippen LogP contribution in [0.15, 0.2) is 24.3 Å². The summed E-state index contributed by atoms with van der Waals surface area (Å²) in [5.41, 5.74) is 2.76. The van der Waals surface area contributed by atoms with Gasteiger partial charge in [-0.3, -0.25) is 0 Å². The van der Waals surface area contributed by atoms with Crippen molar-refractivity contribution in [1.82, 2.24) is 15.5 Å². The van der Waals surface area contributed by atoms with Crippen LogP contribution in [0.4, 0.5) is 0 Å². The van der Waals surface area contributed by atoms with Crippen molar-refractivity contribution in [2.45, 2.75) is 46.2 Å². The van der Waals surface area contributed by atoms with Crippen molar-refractivity contribution in [3.63, 3.8) is 0 Å². The van der Waals surface area contributed by atoms with Crippen molar-refractivity contribution in [1.29, 1.82) is 0 Å². The maximum atomic E-state index is 4.27. The molecule has 2 aromatic rings. The van der Waals surface area contributed by atoms with Gasteiger partial charge in [-0.05, 0) is 24.5 Å². The molecule has 3 nitrogen and oxygen atoms in total. The molecule has 102 valence electrons. The summed E-state index contributed by atoms with van der Waals surface area (Å²) in [5, 5.41) is 14.1. The molecule has 2 rings (SSSR count). The fourth-order valence-corrected chi connectivity index (χ4v) is 2.68. The van der Waals surface area contributed by atoms with Crippen molar-refractivity contribution in [3.05, 3.63) is 45.4 Å². The van der Waals surface area contributed by atoms with E-state index in [0.29, 0.717) is 6.04 Å². The molecule has 0 aliphatic rings. The van der Waals surface area contributed by atoms with Crippen LogP contribution in [0.25, 0.3) is 0 Å². The van der Waals surface area contributed by atoms with Crippen LogP contribution >= 0.6 is 11.3 Å². The first-order chi connectivity index (χ1) is 9.15. The average molecular weight is 275 g/mol. The zero-order valence-electron chi connectivity index (χ0n) is 11.8. The molecule has 0 saturated heterocycles. The second-order valence-electron chi connectivity index (χ2n) is 5.05. The predicted octanol–water partition coefficient (Wildman–Crippen LogP) is 3.13. The molecule has 0 bridgehead atoms. The Morgan fingerprint density at radius 1 is 1.11 bits per heavy atom. The summed E-state index contributed by atoms with van der Waals surface area (Å²) in [7, 11) is 0. The molecule has 0 aliphatic carbocycles. The normalized spacial score (nSPS) is 11.2.